The van der Waals surface area contributed by atoms with Gasteiger partial charge in [0.05, 0.1) is 16.3 Å². The molecule has 0 saturated carbocycles. The van der Waals surface area contributed by atoms with Crippen molar-refractivity contribution in [2.24, 2.45) is 0 Å². The molecule has 1 aromatic heterocycles. The Hall–Kier alpha value is -2.47. The van der Waals surface area contributed by atoms with Crippen LogP contribution in [-0.4, -0.2) is 5.91 Å². The molecular weight excluding hydrogens is 355 g/mol. The van der Waals surface area contributed by atoms with E-state index in [2.05, 4.69) is 5.32 Å². The summed E-state index contributed by atoms with van der Waals surface area (Å²) in [5.41, 5.74) is 1.09. The summed E-state index contributed by atoms with van der Waals surface area (Å²) in [6.07, 6.45) is -4.53. The second-order valence-electron chi connectivity index (χ2n) is 5.70. The Kier molecular flexibility index (Phi) is 4.24. The lowest BCUT2D eigenvalue weighted by molar-refractivity contribution is -0.137. The maximum atomic E-state index is 12.8. The Morgan fingerprint density at radius 1 is 1.12 bits per heavy atom. The highest BCUT2D eigenvalue weighted by atomic mass is 35.5. The van der Waals surface area contributed by atoms with Crippen LogP contribution in [0.15, 0.2) is 40.8 Å². The van der Waals surface area contributed by atoms with Crippen LogP contribution in [-0.2, 0) is 6.18 Å². The van der Waals surface area contributed by atoms with Crippen LogP contribution in [0.4, 0.5) is 18.9 Å². The smallest absolute Gasteiger partial charge is 0.416 e. The van der Waals surface area contributed by atoms with Crippen molar-refractivity contribution in [1.29, 1.82) is 0 Å². The van der Waals surface area contributed by atoms with Gasteiger partial charge in [0.25, 0.3) is 5.91 Å². The molecule has 0 saturated heterocycles. The molecule has 0 fully saturated rings. The number of hydrogen-bond acceptors (Lipinski definition) is 2. The fourth-order valence-electron chi connectivity index (χ4n) is 2.53. The molecule has 7 heteroatoms. The van der Waals surface area contributed by atoms with E-state index in [0.29, 0.717) is 11.1 Å². The van der Waals surface area contributed by atoms with E-state index in [1.54, 1.807) is 13.0 Å². The molecule has 1 N–H and O–H groups in total. The van der Waals surface area contributed by atoms with Crippen LogP contribution in [0.25, 0.3) is 11.0 Å². The molecule has 3 rings (SSSR count). The van der Waals surface area contributed by atoms with Crippen LogP contribution < -0.4 is 5.32 Å². The van der Waals surface area contributed by atoms with Crippen molar-refractivity contribution in [2.75, 3.05) is 5.32 Å². The summed E-state index contributed by atoms with van der Waals surface area (Å²) in [7, 11) is 0. The summed E-state index contributed by atoms with van der Waals surface area (Å²) in [6.45, 7) is 3.60. The van der Waals surface area contributed by atoms with Crippen molar-refractivity contribution < 1.29 is 22.4 Å². The Bertz CT molecular complexity index is 976. The summed E-state index contributed by atoms with van der Waals surface area (Å²) < 4.78 is 44.1. The molecule has 0 radical (unpaired) electrons. The highest BCUT2D eigenvalue weighted by Crippen LogP contribution is 2.34. The molecule has 0 aliphatic heterocycles. The zero-order chi connectivity index (χ0) is 18.4. The second kappa shape index (κ2) is 6.11. The van der Waals surface area contributed by atoms with Crippen LogP contribution in [0, 0.1) is 13.8 Å². The van der Waals surface area contributed by atoms with E-state index in [1.807, 2.05) is 19.1 Å². The van der Waals surface area contributed by atoms with Gasteiger partial charge >= 0.3 is 6.18 Å². The maximum Gasteiger partial charge on any atom is 0.416 e. The minimum Gasteiger partial charge on any atom is -0.451 e. The number of amides is 1. The normalized spacial score (nSPS) is 11.8. The molecule has 0 unspecified atom stereocenters. The van der Waals surface area contributed by atoms with Gasteiger partial charge in [-0.2, -0.15) is 13.2 Å². The molecule has 3 aromatic rings. The number of fused-ring (bicyclic) bond motifs is 1. The number of nitrogens with one attached hydrogen (secondary N) is 1. The van der Waals surface area contributed by atoms with E-state index in [1.165, 1.54) is 0 Å². The number of carbonyl (C=O) groups is 1. The molecule has 25 heavy (non-hydrogen) atoms. The van der Waals surface area contributed by atoms with Crippen LogP contribution in [0.5, 0.6) is 0 Å². The van der Waals surface area contributed by atoms with Crippen LogP contribution in [0.3, 0.4) is 0 Å². The highest BCUT2D eigenvalue weighted by molar-refractivity contribution is 6.34. The molecule has 0 aliphatic rings. The predicted molar refractivity (Wildman–Crippen MR) is 90.1 cm³/mol. The second-order valence-corrected chi connectivity index (χ2v) is 6.11. The largest absolute Gasteiger partial charge is 0.451 e. The molecule has 0 aliphatic carbocycles. The molecule has 0 bridgehead atoms. The number of halogens is 4. The predicted octanol–water partition coefficient (Wildman–Crippen LogP) is 5.97. The molecule has 130 valence electrons. The first-order valence-electron chi connectivity index (χ1n) is 7.34. The molecule has 1 amide bonds. The zero-order valence-electron chi connectivity index (χ0n) is 13.3. The van der Waals surface area contributed by atoms with Gasteiger partial charge in [-0.15, -0.1) is 0 Å². The third-order valence-electron chi connectivity index (χ3n) is 3.84. The van der Waals surface area contributed by atoms with Gasteiger partial charge in [0.2, 0.25) is 0 Å². The molecule has 1 heterocycles. The SMILES string of the molecule is Cc1ccc2c(C)c(C(=O)Nc3cc(C(F)(F)F)ccc3Cl)oc2c1. The maximum absolute atomic E-state index is 12.8. The minimum absolute atomic E-state index is 0.00552. The zero-order valence-corrected chi connectivity index (χ0v) is 14.0. The summed E-state index contributed by atoms with van der Waals surface area (Å²) in [5, 5.41) is 3.17. The number of carbonyl (C=O) groups excluding carboxylic acids is 1. The van der Waals surface area contributed by atoms with Crippen LogP contribution >= 0.6 is 11.6 Å². The number of benzene rings is 2. The van der Waals surface area contributed by atoms with Gasteiger partial charge in [-0.1, -0.05) is 23.7 Å². The van der Waals surface area contributed by atoms with E-state index in [9.17, 15) is 18.0 Å². The van der Waals surface area contributed by atoms with Crippen molar-refractivity contribution in [3.05, 3.63) is 63.9 Å². The van der Waals surface area contributed by atoms with Crippen LogP contribution in [0.1, 0.15) is 27.2 Å². The molecule has 0 atom stereocenters. The lowest BCUT2D eigenvalue weighted by Gasteiger charge is -2.11. The Balaban J connectivity index is 1.97. The first-order chi connectivity index (χ1) is 11.7. The Labute approximate surface area is 146 Å². The summed E-state index contributed by atoms with van der Waals surface area (Å²) in [5.74, 6) is -0.623. The number of anilines is 1. The van der Waals surface area contributed by atoms with E-state index in [-0.39, 0.29) is 16.5 Å². The first-order valence-corrected chi connectivity index (χ1v) is 7.72. The van der Waals surface area contributed by atoms with Gasteiger partial charge in [-0.3, -0.25) is 4.79 Å². The third kappa shape index (κ3) is 3.35. The minimum atomic E-state index is -4.53. The average Bonchev–Trinajstić information content (AvgIpc) is 2.84. The van der Waals surface area contributed by atoms with Gasteiger partial charge in [-0.05, 0) is 43.7 Å². The Morgan fingerprint density at radius 3 is 2.52 bits per heavy atom. The quantitative estimate of drug-likeness (QED) is 0.606. The summed E-state index contributed by atoms with van der Waals surface area (Å²) >= 11 is 5.90. The number of furan rings is 1. The first kappa shape index (κ1) is 17.4. The van der Waals surface area contributed by atoms with Gasteiger partial charge in [0.1, 0.15) is 5.58 Å². The fourth-order valence-corrected chi connectivity index (χ4v) is 2.69. The number of rotatable bonds is 2. The third-order valence-corrected chi connectivity index (χ3v) is 4.17. The van der Waals surface area contributed by atoms with Crippen molar-refractivity contribution in [2.45, 2.75) is 20.0 Å². The summed E-state index contributed by atoms with van der Waals surface area (Å²) in [4.78, 5) is 12.5. The van der Waals surface area contributed by atoms with E-state index < -0.39 is 17.6 Å². The molecule has 3 nitrogen and oxygen atoms in total. The standard InChI is InChI=1S/C18H13ClF3NO2/c1-9-3-5-12-10(2)16(25-15(12)7-9)17(24)23-14-8-11(18(20,21)22)4-6-13(14)19/h3-8H,1-2H3,(H,23,24). The monoisotopic (exact) mass is 367 g/mol. The van der Waals surface area contributed by atoms with Crippen molar-refractivity contribution >= 4 is 34.2 Å². The molecule has 2 aromatic carbocycles. The average molecular weight is 368 g/mol. The van der Waals surface area contributed by atoms with Crippen molar-refractivity contribution in [3.63, 3.8) is 0 Å². The summed E-state index contributed by atoms with van der Waals surface area (Å²) in [6, 6.07) is 8.24. The topological polar surface area (TPSA) is 42.2 Å². The van der Waals surface area contributed by atoms with E-state index in [0.717, 1.165) is 29.1 Å². The van der Waals surface area contributed by atoms with E-state index >= 15 is 0 Å². The lowest BCUT2D eigenvalue weighted by Crippen LogP contribution is -2.14. The number of hydrogen-bond donors (Lipinski definition) is 1. The van der Waals surface area contributed by atoms with Gasteiger partial charge in [-0.25, -0.2) is 0 Å². The highest BCUT2D eigenvalue weighted by Gasteiger charge is 2.31. The number of aryl methyl sites for hydroxylation is 2. The van der Waals surface area contributed by atoms with Crippen molar-refractivity contribution in [3.8, 4) is 0 Å². The van der Waals surface area contributed by atoms with Gasteiger partial charge in [0.15, 0.2) is 5.76 Å². The van der Waals surface area contributed by atoms with Crippen molar-refractivity contribution in [1.82, 2.24) is 0 Å². The molecular formula is C18H13ClF3NO2. The fraction of sp³-hybridized carbons (Fsp3) is 0.167. The number of alkyl halides is 3. The van der Waals surface area contributed by atoms with Gasteiger partial charge < -0.3 is 9.73 Å². The molecule has 0 spiro atoms. The Morgan fingerprint density at radius 2 is 1.84 bits per heavy atom. The van der Waals surface area contributed by atoms with E-state index in [4.69, 9.17) is 16.0 Å². The van der Waals surface area contributed by atoms with Crippen LogP contribution in [0.2, 0.25) is 5.02 Å². The van der Waals surface area contributed by atoms with Gasteiger partial charge in [0, 0.05) is 10.9 Å². The lowest BCUT2D eigenvalue weighted by atomic mass is 10.1.